The van der Waals surface area contributed by atoms with Crippen molar-refractivity contribution in [3.63, 3.8) is 0 Å². The number of nitrogens with two attached hydrogens (primary N) is 1. The lowest BCUT2D eigenvalue weighted by atomic mass is 9.98. The first-order valence-electron chi connectivity index (χ1n) is 15.7. The van der Waals surface area contributed by atoms with Gasteiger partial charge in [0, 0.05) is 60.1 Å². The highest BCUT2D eigenvalue weighted by atomic mass is 32.1. The maximum atomic E-state index is 13.2. The summed E-state index contributed by atoms with van der Waals surface area (Å²) >= 11 is 1.36. The second-order valence-corrected chi connectivity index (χ2v) is 12.5. The maximum Gasteiger partial charge on any atom is 0.257 e. The normalized spacial score (nSPS) is 19.2. The molecule has 0 aliphatic carbocycles. The number of hydrogen-bond donors (Lipinski definition) is 2. The summed E-state index contributed by atoms with van der Waals surface area (Å²) in [5.41, 5.74) is 10.3. The van der Waals surface area contributed by atoms with E-state index in [9.17, 15) is 14.4 Å². The molecule has 2 aliphatic rings. The van der Waals surface area contributed by atoms with Crippen molar-refractivity contribution in [3.05, 3.63) is 64.5 Å². The van der Waals surface area contributed by atoms with E-state index in [-0.39, 0.29) is 35.7 Å². The van der Waals surface area contributed by atoms with Crippen LogP contribution in [0.2, 0.25) is 0 Å². The number of ether oxygens (including phenoxy) is 1. The molecule has 2 saturated heterocycles. The number of methoxy groups -OCH3 is 1. The van der Waals surface area contributed by atoms with Gasteiger partial charge in [-0.2, -0.15) is 0 Å². The molecule has 234 valence electrons. The first-order chi connectivity index (χ1) is 21.3. The number of unbranched alkanes of at least 4 members (excludes halogenated alkanes) is 1. The molecule has 0 radical (unpaired) electrons. The number of nitrogens with one attached hydrogen (secondary N) is 1. The van der Waals surface area contributed by atoms with Crippen molar-refractivity contribution in [1.29, 1.82) is 0 Å². The van der Waals surface area contributed by atoms with E-state index in [4.69, 9.17) is 10.5 Å². The highest BCUT2D eigenvalue weighted by Gasteiger charge is 2.39. The first-order valence-corrected chi connectivity index (χ1v) is 16.6. The monoisotopic (exact) mass is 617 g/mol. The molecule has 10 heteroatoms. The molecule has 3 N–H and O–H groups in total. The smallest absolute Gasteiger partial charge is 0.257 e. The van der Waals surface area contributed by atoms with Crippen molar-refractivity contribution in [2.45, 2.75) is 71.0 Å². The number of carbonyl (C=O) groups is 3. The van der Waals surface area contributed by atoms with Crippen LogP contribution in [0.4, 0.5) is 5.13 Å². The number of hydrogen-bond acceptors (Lipinski definition) is 8. The van der Waals surface area contributed by atoms with Crippen molar-refractivity contribution < 1.29 is 19.1 Å². The number of amides is 2. The molecule has 3 heterocycles. The number of thiazole rings is 1. The molecule has 44 heavy (non-hydrogen) atoms. The van der Waals surface area contributed by atoms with Crippen molar-refractivity contribution >= 4 is 34.1 Å². The number of anilines is 1. The van der Waals surface area contributed by atoms with Gasteiger partial charge in [0.25, 0.3) is 11.8 Å². The zero-order valence-electron chi connectivity index (χ0n) is 25.9. The lowest BCUT2D eigenvalue weighted by Gasteiger charge is -2.39. The van der Waals surface area contributed by atoms with Crippen LogP contribution in [-0.4, -0.2) is 71.3 Å². The van der Waals surface area contributed by atoms with Gasteiger partial charge < -0.3 is 15.4 Å². The number of aromatic nitrogens is 1. The molecule has 2 aliphatic heterocycles. The van der Waals surface area contributed by atoms with Crippen LogP contribution in [0.3, 0.4) is 0 Å². The van der Waals surface area contributed by atoms with Crippen LogP contribution < -0.4 is 15.8 Å². The Bertz CT molecular complexity index is 1460. The summed E-state index contributed by atoms with van der Waals surface area (Å²) < 4.78 is 5.57. The lowest BCUT2D eigenvalue weighted by Crippen LogP contribution is -2.52. The van der Waals surface area contributed by atoms with Crippen LogP contribution in [0.1, 0.15) is 78.7 Å². The Balaban J connectivity index is 1.16. The fourth-order valence-corrected chi connectivity index (χ4v) is 7.05. The van der Waals surface area contributed by atoms with Gasteiger partial charge in [-0.1, -0.05) is 26.3 Å². The summed E-state index contributed by atoms with van der Waals surface area (Å²) in [6.45, 7) is 6.18. The minimum atomic E-state index is -0.281. The molecule has 9 nitrogen and oxygen atoms in total. The van der Waals surface area contributed by atoms with Crippen LogP contribution in [-0.2, 0) is 11.2 Å². The van der Waals surface area contributed by atoms with E-state index in [1.807, 2.05) is 23.3 Å². The van der Waals surface area contributed by atoms with Gasteiger partial charge in [-0.05, 0) is 74.1 Å². The minimum absolute atomic E-state index is 0.0418. The van der Waals surface area contributed by atoms with Crippen molar-refractivity contribution in [2.75, 3.05) is 32.1 Å². The second-order valence-electron chi connectivity index (χ2n) is 11.7. The number of likely N-dealkylation sites (tertiary alicyclic amines) is 2. The number of nitrogens with zero attached hydrogens (tertiary/aromatic N) is 3. The number of rotatable bonds is 11. The van der Waals surface area contributed by atoms with Crippen LogP contribution in [0, 0.1) is 5.92 Å². The third-order valence-corrected chi connectivity index (χ3v) is 9.71. The van der Waals surface area contributed by atoms with Gasteiger partial charge in [0.05, 0.1) is 19.0 Å². The van der Waals surface area contributed by atoms with Crippen LogP contribution in [0.25, 0.3) is 11.3 Å². The van der Waals surface area contributed by atoms with E-state index in [1.54, 1.807) is 31.4 Å². The lowest BCUT2D eigenvalue weighted by molar-refractivity contribution is -0.123. The van der Waals surface area contributed by atoms with E-state index >= 15 is 0 Å². The molecular weight excluding hydrogens is 574 g/mol. The number of aryl methyl sites for hydroxylation is 1. The Kier molecular flexibility index (Phi) is 10.5. The highest BCUT2D eigenvalue weighted by molar-refractivity contribution is 7.14. The van der Waals surface area contributed by atoms with Crippen molar-refractivity contribution in [1.82, 2.24) is 14.8 Å². The Morgan fingerprint density at radius 2 is 1.75 bits per heavy atom. The molecule has 3 aromatic rings. The summed E-state index contributed by atoms with van der Waals surface area (Å²) in [7, 11) is 1.65. The summed E-state index contributed by atoms with van der Waals surface area (Å²) in [5, 5.41) is 5.31. The zero-order valence-corrected chi connectivity index (χ0v) is 26.7. The van der Waals surface area contributed by atoms with Gasteiger partial charge in [-0.3, -0.25) is 24.6 Å². The second kappa shape index (κ2) is 14.5. The zero-order chi connectivity index (χ0) is 31.2. The average Bonchev–Trinajstić information content (AvgIpc) is 3.69. The van der Waals surface area contributed by atoms with Gasteiger partial charge in [-0.25, -0.2) is 4.98 Å². The molecule has 2 amide bonds. The third kappa shape index (κ3) is 7.03. The maximum absolute atomic E-state index is 13.2. The first kappa shape index (κ1) is 31.8. The van der Waals surface area contributed by atoms with Crippen LogP contribution in [0.5, 0.6) is 5.75 Å². The minimum Gasteiger partial charge on any atom is -0.496 e. The molecule has 2 aromatic carbocycles. The summed E-state index contributed by atoms with van der Waals surface area (Å²) in [6, 6.07) is 13.2. The van der Waals surface area contributed by atoms with Gasteiger partial charge in [0.2, 0.25) is 0 Å². The van der Waals surface area contributed by atoms with Crippen molar-refractivity contribution in [3.8, 4) is 17.0 Å². The van der Waals surface area contributed by atoms with Gasteiger partial charge in [0.1, 0.15) is 11.5 Å². The summed E-state index contributed by atoms with van der Waals surface area (Å²) in [4.78, 5) is 47.3. The molecule has 1 aromatic heterocycles. The van der Waals surface area contributed by atoms with Gasteiger partial charge >= 0.3 is 0 Å². The predicted molar refractivity (Wildman–Crippen MR) is 174 cm³/mol. The quantitative estimate of drug-likeness (QED) is 0.287. The molecular formula is C34H43N5O4S. The summed E-state index contributed by atoms with van der Waals surface area (Å²) in [5.74, 6) is 0.583. The van der Waals surface area contributed by atoms with Gasteiger partial charge in [0.15, 0.2) is 5.13 Å². The van der Waals surface area contributed by atoms with E-state index in [0.29, 0.717) is 35.8 Å². The topological polar surface area (TPSA) is 118 Å². The largest absolute Gasteiger partial charge is 0.496 e. The Morgan fingerprint density at radius 1 is 1.02 bits per heavy atom. The molecule has 5 rings (SSSR count). The van der Waals surface area contributed by atoms with Crippen LogP contribution >= 0.6 is 11.3 Å². The number of piperidine rings is 1. The van der Waals surface area contributed by atoms with Gasteiger partial charge in [-0.15, -0.1) is 11.3 Å². The van der Waals surface area contributed by atoms with E-state index in [2.05, 4.69) is 34.3 Å². The van der Waals surface area contributed by atoms with E-state index in [1.165, 1.54) is 16.9 Å². The number of Topliss-reactive ketones (excluding diaryl/α,β-unsaturated/α-hetero) is 1. The van der Waals surface area contributed by atoms with E-state index < -0.39 is 0 Å². The molecule has 0 spiro atoms. The molecule has 2 fully saturated rings. The van der Waals surface area contributed by atoms with Crippen LogP contribution in [0.15, 0.2) is 47.8 Å². The SMILES string of the molecule is CCCCc1ccc(OC)c(-c2csc(NC(=O)c3ccc(C(=O)N4CCC(N5CCC(C(=O)CC)C5N)CC4)cc3)n2)c1. The summed E-state index contributed by atoms with van der Waals surface area (Å²) in [6.07, 6.45) is 6.01. The fraction of sp³-hybridized carbons (Fsp3) is 0.471. The Morgan fingerprint density at radius 3 is 2.43 bits per heavy atom. The standard InChI is InChI=1S/C34H43N5O4S/c1-4-6-7-22-8-13-30(43-3)27(20-22)28-21-44-34(36-28)37-32(41)23-9-11-24(12-10-23)33(42)38-17-14-25(15-18-38)39-19-16-26(31(39)35)29(40)5-2/h8-13,20-21,25-26,31H,4-7,14-19,35H2,1-3H3,(H,36,37,41). The highest BCUT2D eigenvalue weighted by Crippen LogP contribution is 2.34. The molecule has 2 unspecified atom stereocenters. The molecule has 2 atom stereocenters. The molecule has 0 bridgehead atoms. The average molecular weight is 618 g/mol. The van der Waals surface area contributed by atoms with E-state index in [0.717, 1.165) is 62.1 Å². The third-order valence-electron chi connectivity index (χ3n) is 8.95. The Hall–Kier alpha value is -3.60. The van der Waals surface area contributed by atoms with Crippen molar-refractivity contribution in [2.24, 2.45) is 11.7 Å². The number of benzene rings is 2. The fourth-order valence-electron chi connectivity index (χ4n) is 6.34. The number of ketones is 1. The molecule has 0 saturated carbocycles. The number of carbonyl (C=O) groups excluding carboxylic acids is 3. The predicted octanol–water partition coefficient (Wildman–Crippen LogP) is 5.60. The Labute approximate surface area is 263 Å².